The molecule has 148 valence electrons. The van der Waals surface area contributed by atoms with Crippen molar-refractivity contribution < 1.29 is 23.1 Å². The average Bonchev–Trinajstić information content (AvgIpc) is 2.75. The number of methoxy groups -OCH3 is 1. The Kier molecular flexibility index (Phi) is 6.13. The Morgan fingerprint density at radius 2 is 1.69 bits per heavy atom. The number of pyridine rings is 1. The van der Waals surface area contributed by atoms with Crippen molar-refractivity contribution in [1.29, 1.82) is 0 Å². The summed E-state index contributed by atoms with van der Waals surface area (Å²) < 4.78 is 32.5. The van der Waals surface area contributed by atoms with E-state index in [9.17, 15) is 18.4 Å². The molecule has 2 amide bonds. The van der Waals surface area contributed by atoms with E-state index in [1.165, 1.54) is 24.4 Å². The van der Waals surface area contributed by atoms with Crippen molar-refractivity contribution in [2.75, 3.05) is 12.4 Å². The molecule has 0 aliphatic carbocycles. The summed E-state index contributed by atoms with van der Waals surface area (Å²) in [5, 5.41) is 4.86. The number of amides is 2. The van der Waals surface area contributed by atoms with Crippen LogP contribution in [0.3, 0.4) is 0 Å². The quantitative estimate of drug-likeness (QED) is 0.667. The van der Waals surface area contributed by atoms with Gasteiger partial charge < -0.3 is 15.4 Å². The monoisotopic (exact) mass is 397 g/mol. The van der Waals surface area contributed by atoms with Gasteiger partial charge in [0.05, 0.1) is 7.11 Å². The molecule has 0 unspecified atom stereocenters. The molecule has 0 saturated heterocycles. The average molecular weight is 397 g/mol. The maximum absolute atomic E-state index is 13.7. The molecule has 3 aromatic rings. The van der Waals surface area contributed by atoms with Crippen LogP contribution >= 0.6 is 0 Å². The lowest BCUT2D eigenvalue weighted by Crippen LogP contribution is -2.24. The smallest absolute Gasteiger partial charge is 0.274 e. The van der Waals surface area contributed by atoms with Crippen LogP contribution in [0.4, 0.5) is 14.5 Å². The summed E-state index contributed by atoms with van der Waals surface area (Å²) in [6.07, 6.45) is 1.27. The fraction of sp³-hybridized carbons (Fsp3) is 0.0952. The van der Waals surface area contributed by atoms with Crippen LogP contribution in [0.1, 0.15) is 26.4 Å². The van der Waals surface area contributed by atoms with Crippen molar-refractivity contribution >= 4 is 17.5 Å². The van der Waals surface area contributed by atoms with Crippen LogP contribution in [0, 0.1) is 11.6 Å². The molecule has 0 atom stereocenters. The topological polar surface area (TPSA) is 80.3 Å². The van der Waals surface area contributed by atoms with Crippen molar-refractivity contribution in [2.24, 2.45) is 0 Å². The molecule has 2 N–H and O–H groups in total. The van der Waals surface area contributed by atoms with E-state index in [-0.39, 0.29) is 17.8 Å². The highest BCUT2D eigenvalue weighted by Gasteiger charge is 2.16. The zero-order valence-corrected chi connectivity index (χ0v) is 15.4. The number of benzene rings is 2. The molecule has 1 heterocycles. The first-order chi connectivity index (χ1) is 14.0. The maximum Gasteiger partial charge on any atom is 0.274 e. The first kappa shape index (κ1) is 19.9. The van der Waals surface area contributed by atoms with E-state index in [0.717, 1.165) is 17.7 Å². The summed E-state index contributed by atoms with van der Waals surface area (Å²) in [5.41, 5.74) is 0.326. The van der Waals surface area contributed by atoms with E-state index < -0.39 is 29.1 Å². The standard InChI is InChI=1S/C21H17F2N3O3/c1-29-15-7-5-13(6-8-15)12-25-20(27)14-9-10-24-18(11-14)21(28)26-19-16(22)3-2-4-17(19)23/h2-11H,12H2,1H3,(H,25,27)(H,26,28). The summed E-state index contributed by atoms with van der Waals surface area (Å²) >= 11 is 0. The number of nitrogens with one attached hydrogen (secondary N) is 2. The fourth-order valence-electron chi connectivity index (χ4n) is 2.52. The second-order valence-corrected chi connectivity index (χ2v) is 6.01. The van der Waals surface area contributed by atoms with E-state index >= 15 is 0 Å². The Hall–Kier alpha value is -3.81. The van der Waals surface area contributed by atoms with Crippen LogP contribution in [0.2, 0.25) is 0 Å². The Morgan fingerprint density at radius 3 is 2.34 bits per heavy atom. The molecule has 0 saturated carbocycles. The Morgan fingerprint density at radius 1 is 1.00 bits per heavy atom. The number of anilines is 1. The number of rotatable bonds is 6. The molecule has 0 spiro atoms. The van der Waals surface area contributed by atoms with Crippen molar-refractivity contribution in [2.45, 2.75) is 6.54 Å². The van der Waals surface area contributed by atoms with Gasteiger partial charge in [-0.25, -0.2) is 8.78 Å². The molecule has 8 heteroatoms. The third-order valence-electron chi connectivity index (χ3n) is 4.07. The first-order valence-corrected chi connectivity index (χ1v) is 8.60. The van der Waals surface area contributed by atoms with Gasteiger partial charge in [-0.1, -0.05) is 18.2 Å². The third kappa shape index (κ3) is 4.92. The van der Waals surface area contributed by atoms with E-state index in [4.69, 9.17) is 4.74 Å². The normalized spacial score (nSPS) is 10.3. The number of ether oxygens (including phenoxy) is 1. The molecule has 0 aliphatic heterocycles. The Balaban J connectivity index is 1.67. The lowest BCUT2D eigenvalue weighted by atomic mass is 10.2. The maximum atomic E-state index is 13.7. The fourth-order valence-corrected chi connectivity index (χ4v) is 2.52. The number of para-hydroxylation sites is 1. The number of halogens is 2. The molecule has 0 bridgehead atoms. The molecule has 3 rings (SSSR count). The van der Waals surface area contributed by atoms with Gasteiger partial charge in [0.15, 0.2) is 0 Å². The molecule has 0 radical (unpaired) electrons. The second kappa shape index (κ2) is 8.92. The van der Waals surface area contributed by atoms with Gasteiger partial charge in [0.25, 0.3) is 11.8 Å². The van der Waals surface area contributed by atoms with Gasteiger partial charge in [-0.3, -0.25) is 14.6 Å². The van der Waals surface area contributed by atoms with Crippen LogP contribution in [0.5, 0.6) is 5.75 Å². The van der Waals surface area contributed by atoms with Gasteiger partial charge >= 0.3 is 0 Å². The summed E-state index contributed by atoms with van der Waals surface area (Å²) in [6.45, 7) is 0.271. The van der Waals surface area contributed by atoms with Crippen LogP contribution in [-0.4, -0.2) is 23.9 Å². The van der Waals surface area contributed by atoms with Crippen LogP contribution in [0.25, 0.3) is 0 Å². The summed E-state index contributed by atoms with van der Waals surface area (Å²) in [7, 11) is 1.56. The Bertz CT molecular complexity index is 1020. The molecular weight excluding hydrogens is 380 g/mol. The van der Waals surface area contributed by atoms with Crippen molar-refractivity contribution in [3.63, 3.8) is 0 Å². The minimum atomic E-state index is -0.910. The van der Waals surface area contributed by atoms with Gasteiger partial charge in [0.1, 0.15) is 28.8 Å². The number of aromatic nitrogens is 1. The van der Waals surface area contributed by atoms with Gasteiger partial charge in [0.2, 0.25) is 0 Å². The number of hydrogen-bond donors (Lipinski definition) is 2. The number of hydrogen-bond acceptors (Lipinski definition) is 4. The second-order valence-electron chi connectivity index (χ2n) is 6.01. The zero-order chi connectivity index (χ0) is 20.8. The minimum absolute atomic E-state index is 0.148. The van der Waals surface area contributed by atoms with E-state index in [1.807, 2.05) is 12.1 Å². The lowest BCUT2D eigenvalue weighted by molar-refractivity contribution is 0.0950. The summed E-state index contributed by atoms with van der Waals surface area (Å²) in [5.74, 6) is -2.37. The van der Waals surface area contributed by atoms with Gasteiger partial charge in [-0.2, -0.15) is 0 Å². The zero-order valence-electron chi connectivity index (χ0n) is 15.4. The number of carbonyl (C=O) groups excluding carboxylic acids is 2. The number of nitrogens with zero attached hydrogens (tertiary/aromatic N) is 1. The molecular formula is C21H17F2N3O3. The van der Waals surface area contributed by atoms with E-state index in [1.54, 1.807) is 19.2 Å². The first-order valence-electron chi connectivity index (χ1n) is 8.60. The number of carbonyl (C=O) groups is 2. The lowest BCUT2D eigenvalue weighted by Gasteiger charge is -2.09. The SMILES string of the molecule is COc1ccc(CNC(=O)c2ccnc(C(=O)Nc3c(F)cccc3F)c2)cc1. The van der Waals surface area contributed by atoms with Gasteiger partial charge in [0, 0.05) is 18.3 Å². The largest absolute Gasteiger partial charge is 0.497 e. The van der Waals surface area contributed by atoms with Crippen molar-refractivity contribution in [1.82, 2.24) is 10.3 Å². The Labute approximate surface area is 165 Å². The van der Waals surface area contributed by atoms with Crippen molar-refractivity contribution in [3.8, 4) is 5.75 Å². The highest BCUT2D eigenvalue weighted by atomic mass is 19.1. The van der Waals surface area contributed by atoms with Crippen LogP contribution < -0.4 is 15.4 Å². The molecule has 29 heavy (non-hydrogen) atoms. The predicted octanol–water partition coefficient (Wildman–Crippen LogP) is 3.55. The minimum Gasteiger partial charge on any atom is -0.497 e. The highest BCUT2D eigenvalue weighted by molar-refractivity contribution is 6.04. The summed E-state index contributed by atoms with van der Waals surface area (Å²) in [4.78, 5) is 28.5. The molecule has 0 fully saturated rings. The summed E-state index contributed by atoms with van der Waals surface area (Å²) in [6, 6.07) is 13.1. The molecule has 0 aliphatic rings. The third-order valence-corrected chi connectivity index (χ3v) is 4.07. The molecule has 2 aromatic carbocycles. The van der Waals surface area contributed by atoms with Gasteiger partial charge in [-0.15, -0.1) is 0 Å². The van der Waals surface area contributed by atoms with E-state index in [0.29, 0.717) is 5.75 Å². The highest BCUT2D eigenvalue weighted by Crippen LogP contribution is 2.19. The van der Waals surface area contributed by atoms with E-state index in [2.05, 4.69) is 15.6 Å². The van der Waals surface area contributed by atoms with Gasteiger partial charge in [-0.05, 0) is 42.0 Å². The van der Waals surface area contributed by atoms with Crippen molar-refractivity contribution in [3.05, 3.63) is 89.2 Å². The molecule has 1 aromatic heterocycles. The molecule has 6 nitrogen and oxygen atoms in total. The van der Waals surface area contributed by atoms with Crippen LogP contribution in [0.15, 0.2) is 60.8 Å². The predicted molar refractivity (Wildman–Crippen MR) is 103 cm³/mol. The van der Waals surface area contributed by atoms with Crippen LogP contribution in [-0.2, 0) is 6.54 Å².